The van der Waals surface area contributed by atoms with Crippen LogP contribution in [0.25, 0.3) is 0 Å². The molecule has 7 nitrogen and oxygen atoms in total. The summed E-state index contributed by atoms with van der Waals surface area (Å²) in [6.07, 6.45) is 3.94. The third-order valence-corrected chi connectivity index (χ3v) is 9.21. The first kappa shape index (κ1) is 36.1. The van der Waals surface area contributed by atoms with Gasteiger partial charge in [0.2, 0.25) is 5.79 Å². The van der Waals surface area contributed by atoms with Gasteiger partial charge in [-0.25, -0.2) is 4.39 Å². The normalized spacial score (nSPS) is 26.4. The predicted molar refractivity (Wildman–Crippen MR) is 174 cm³/mol. The van der Waals surface area contributed by atoms with Crippen molar-refractivity contribution in [1.29, 1.82) is 0 Å². The Morgan fingerprint density at radius 2 is 1.56 bits per heavy atom. The van der Waals surface area contributed by atoms with Crippen LogP contribution in [-0.2, 0) is 35.9 Å². The molecule has 2 saturated heterocycles. The van der Waals surface area contributed by atoms with Crippen molar-refractivity contribution in [2.75, 3.05) is 33.0 Å². The Labute approximate surface area is 273 Å². The SMILES string of the molecule is CCCCO[C@@H]1[C@@H](OCCCC)[C@@]2(c3ccc(Cl)c(Cc4ccc(OCC)c(F)c4)c3)OC[C@](C(C)(C)O)(O2)[C@H]1OCCCC. The summed E-state index contributed by atoms with van der Waals surface area (Å²) in [6, 6.07) is 10.6. The molecule has 0 radical (unpaired) electrons. The topological polar surface area (TPSA) is 75.6 Å². The first-order valence-electron chi connectivity index (χ1n) is 16.7. The van der Waals surface area contributed by atoms with E-state index in [2.05, 4.69) is 20.8 Å². The van der Waals surface area contributed by atoms with E-state index in [1.165, 1.54) is 6.07 Å². The highest BCUT2D eigenvalue weighted by molar-refractivity contribution is 6.31. The van der Waals surface area contributed by atoms with Crippen LogP contribution in [0.15, 0.2) is 36.4 Å². The Morgan fingerprint density at radius 1 is 0.911 bits per heavy atom. The van der Waals surface area contributed by atoms with Crippen LogP contribution in [0.3, 0.4) is 0 Å². The maximum Gasteiger partial charge on any atom is 0.225 e. The van der Waals surface area contributed by atoms with E-state index >= 15 is 0 Å². The Balaban J connectivity index is 1.80. The zero-order valence-corrected chi connectivity index (χ0v) is 28.6. The number of rotatable bonds is 18. The summed E-state index contributed by atoms with van der Waals surface area (Å²) >= 11 is 6.73. The van der Waals surface area contributed by atoms with Crippen molar-refractivity contribution in [3.8, 4) is 5.75 Å². The first-order valence-corrected chi connectivity index (χ1v) is 17.1. The summed E-state index contributed by atoms with van der Waals surface area (Å²) < 4.78 is 53.7. The molecule has 2 fully saturated rings. The number of hydrogen-bond acceptors (Lipinski definition) is 7. The van der Waals surface area contributed by atoms with Crippen LogP contribution in [0.5, 0.6) is 5.75 Å². The fraction of sp³-hybridized carbons (Fsp3) is 0.667. The second-order valence-corrected chi connectivity index (χ2v) is 13.1. The molecule has 2 aliphatic heterocycles. The molecule has 2 bridgehead atoms. The van der Waals surface area contributed by atoms with E-state index in [0.29, 0.717) is 43.4 Å². The maximum absolute atomic E-state index is 14.7. The number of fused-ring (bicyclic) bond motifs is 2. The molecule has 0 amide bonds. The van der Waals surface area contributed by atoms with Crippen LogP contribution in [0.4, 0.5) is 4.39 Å². The molecule has 252 valence electrons. The Bertz CT molecular complexity index is 1240. The molecular formula is C36H52ClFO7. The molecule has 9 heteroatoms. The average molecular weight is 651 g/mol. The summed E-state index contributed by atoms with van der Waals surface area (Å²) in [7, 11) is 0. The van der Waals surface area contributed by atoms with Crippen LogP contribution in [0, 0.1) is 5.82 Å². The summed E-state index contributed by atoms with van der Waals surface area (Å²) in [4.78, 5) is 0. The number of ether oxygens (including phenoxy) is 6. The lowest BCUT2D eigenvalue weighted by molar-refractivity contribution is -0.365. The third kappa shape index (κ3) is 7.69. The van der Waals surface area contributed by atoms with E-state index in [-0.39, 0.29) is 12.4 Å². The van der Waals surface area contributed by atoms with E-state index in [1.54, 1.807) is 19.9 Å². The fourth-order valence-corrected chi connectivity index (χ4v) is 6.36. The summed E-state index contributed by atoms with van der Waals surface area (Å²) in [5.41, 5.74) is -0.368. The van der Waals surface area contributed by atoms with Gasteiger partial charge < -0.3 is 33.5 Å². The highest BCUT2D eigenvalue weighted by Crippen LogP contribution is 2.56. The molecule has 0 aliphatic carbocycles. The number of benzene rings is 2. The van der Waals surface area contributed by atoms with Crippen molar-refractivity contribution in [2.24, 2.45) is 0 Å². The zero-order chi connectivity index (χ0) is 32.7. The zero-order valence-electron chi connectivity index (χ0n) is 27.8. The van der Waals surface area contributed by atoms with Gasteiger partial charge in [0, 0.05) is 30.4 Å². The molecule has 45 heavy (non-hydrogen) atoms. The van der Waals surface area contributed by atoms with Gasteiger partial charge in [-0.15, -0.1) is 0 Å². The van der Waals surface area contributed by atoms with Gasteiger partial charge >= 0.3 is 0 Å². The van der Waals surface area contributed by atoms with E-state index in [4.69, 9.17) is 40.0 Å². The molecule has 5 atom stereocenters. The maximum atomic E-state index is 14.7. The van der Waals surface area contributed by atoms with Crippen molar-refractivity contribution in [3.63, 3.8) is 0 Å². The minimum atomic E-state index is -1.40. The minimum Gasteiger partial charge on any atom is -0.491 e. The monoisotopic (exact) mass is 650 g/mol. The second-order valence-electron chi connectivity index (χ2n) is 12.7. The van der Waals surface area contributed by atoms with Gasteiger partial charge in [-0.2, -0.15) is 0 Å². The standard InChI is InChI=1S/C36H52ClFO7/c1-7-11-18-41-31-32(42-19-12-8-2)35(34(5,6)39)24-44-36(45-35,33(31)43-20-13-9-3)27-15-16-28(37)26(23-27)21-25-14-17-30(40-10-4)29(38)22-25/h14-17,22-23,31-33,39H,7-13,18-21,24H2,1-6H3/t31-,32-,33+,35-,36-/m0/s1. The summed E-state index contributed by atoms with van der Waals surface area (Å²) in [6.45, 7) is 13.6. The van der Waals surface area contributed by atoms with Crippen molar-refractivity contribution in [1.82, 2.24) is 0 Å². The number of unbranched alkanes of at least 4 members (excludes halogenated alkanes) is 3. The quantitative estimate of drug-likeness (QED) is 0.165. The molecule has 2 heterocycles. The highest BCUT2D eigenvalue weighted by Gasteiger charge is 2.73. The van der Waals surface area contributed by atoms with Crippen LogP contribution in [0.1, 0.15) is 96.8 Å². The van der Waals surface area contributed by atoms with Crippen molar-refractivity contribution >= 4 is 11.6 Å². The summed E-state index contributed by atoms with van der Waals surface area (Å²) in [5.74, 6) is -1.61. The summed E-state index contributed by atoms with van der Waals surface area (Å²) in [5, 5.41) is 12.3. The Morgan fingerprint density at radius 3 is 2.16 bits per heavy atom. The van der Waals surface area contributed by atoms with Crippen LogP contribution < -0.4 is 4.74 Å². The molecule has 1 N–H and O–H groups in total. The Kier molecular flexibility index (Phi) is 12.7. The molecule has 2 aromatic rings. The van der Waals surface area contributed by atoms with Gasteiger partial charge in [-0.3, -0.25) is 0 Å². The van der Waals surface area contributed by atoms with Gasteiger partial charge in [-0.05, 0) is 81.8 Å². The van der Waals surface area contributed by atoms with Crippen LogP contribution in [-0.4, -0.2) is 67.7 Å². The number of aliphatic hydroxyl groups is 1. The molecule has 2 aliphatic rings. The van der Waals surface area contributed by atoms with E-state index in [1.807, 2.05) is 31.2 Å². The predicted octanol–water partition coefficient (Wildman–Crippen LogP) is 7.75. The lowest BCUT2D eigenvalue weighted by atomic mass is 9.74. The van der Waals surface area contributed by atoms with E-state index < -0.39 is 41.1 Å². The second kappa shape index (κ2) is 15.9. The highest BCUT2D eigenvalue weighted by atomic mass is 35.5. The molecule has 2 aromatic carbocycles. The third-order valence-electron chi connectivity index (χ3n) is 8.84. The molecule has 0 saturated carbocycles. The van der Waals surface area contributed by atoms with Crippen molar-refractivity contribution in [2.45, 2.75) is 122 Å². The van der Waals surface area contributed by atoms with Crippen LogP contribution in [0.2, 0.25) is 5.02 Å². The van der Waals surface area contributed by atoms with Crippen molar-refractivity contribution in [3.05, 3.63) is 63.9 Å². The molecule has 0 unspecified atom stereocenters. The number of hydrogen-bond donors (Lipinski definition) is 1. The van der Waals surface area contributed by atoms with Gasteiger partial charge in [0.25, 0.3) is 0 Å². The largest absolute Gasteiger partial charge is 0.491 e. The molecule has 0 aromatic heterocycles. The first-order chi connectivity index (χ1) is 21.6. The van der Waals surface area contributed by atoms with Gasteiger partial charge in [-0.1, -0.05) is 63.8 Å². The van der Waals surface area contributed by atoms with Crippen LogP contribution >= 0.6 is 11.6 Å². The Hall–Kier alpha value is -1.78. The fourth-order valence-electron chi connectivity index (χ4n) is 6.18. The van der Waals surface area contributed by atoms with E-state index in [9.17, 15) is 9.50 Å². The van der Waals surface area contributed by atoms with Gasteiger partial charge in [0.05, 0.1) is 18.8 Å². The molecule has 0 spiro atoms. The minimum absolute atomic E-state index is 0.0800. The number of halogens is 2. The lowest BCUT2D eigenvalue weighted by Gasteiger charge is -2.54. The molecular weight excluding hydrogens is 599 g/mol. The van der Waals surface area contributed by atoms with Crippen molar-refractivity contribution < 1.29 is 37.9 Å². The lowest BCUT2D eigenvalue weighted by Crippen LogP contribution is -2.72. The van der Waals surface area contributed by atoms with Gasteiger partial charge in [0.1, 0.15) is 18.3 Å². The van der Waals surface area contributed by atoms with Gasteiger partial charge in [0.15, 0.2) is 17.2 Å². The van der Waals surface area contributed by atoms with E-state index in [0.717, 1.165) is 49.7 Å². The smallest absolute Gasteiger partial charge is 0.225 e. The molecule has 4 rings (SSSR count). The average Bonchev–Trinajstić information content (AvgIpc) is 3.38.